The zero-order valence-electron chi connectivity index (χ0n) is 20.2. The fourth-order valence-corrected chi connectivity index (χ4v) is 3.02. The number of carbonyl (C=O) groups excluding carboxylic acids is 1. The molecular formula is C21H41IN6O2. The van der Waals surface area contributed by atoms with Crippen LogP contribution in [0.1, 0.15) is 58.5 Å². The number of aromatic nitrogens is 2. The van der Waals surface area contributed by atoms with Gasteiger partial charge in [-0.3, -0.25) is 9.67 Å². The number of alkyl carbamates (subject to hydrolysis) is 1. The third-order valence-corrected chi connectivity index (χ3v) is 4.77. The first kappa shape index (κ1) is 28.5. The van der Waals surface area contributed by atoms with Crippen LogP contribution in [0.15, 0.2) is 4.99 Å². The van der Waals surface area contributed by atoms with Gasteiger partial charge < -0.3 is 20.7 Å². The zero-order chi connectivity index (χ0) is 22.4. The summed E-state index contributed by atoms with van der Waals surface area (Å²) < 4.78 is 7.29. The second kappa shape index (κ2) is 12.4. The molecule has 0 radical (unpaired) electrons. The lowest BCUT2D eigenvalue weighted by Crippen LogP contribution is -2.51. The Kier molecular flexibility index (Phi) is 11.7. The maximum Gasteiger partial charge on any atom is 0.407 e. The molecular weight excluding hydrogens is 495 g/mol. The maximum absolute atomic E-state index is 12.1. The Morgan fingerprint density at radius 1 is 1.20 bits per heavy atom. The minimum absolute atomic E-state index is 0. The van der Waals surface area contributed by atoms with Crippen LogP contribution in [0.3, 0.4) is 0 Å². The summed E-state index contributed by atoms with van der Waals surface area (Å²) in [6.07, 6.45) is 0.451. The molecule has 0 aliphatic rings. The molecule has 0 aliphatic carbocycles. The molecule has 174 valence electrons. The van der Waals surface area contributed by atoms with Crippen molar-refractivity contribution in [3.63, 3.8) is 0 Å². The molecule has 0 aliphatic heterocycles. The van der Waals surface area contributed by atoms with E-state index in [1.165, 1.54) is 11.3 Å². The van der Waals surface area contributed by atoms with E-state index in [1.807, 2.05) is 39.4 Å². The highest BCUT2D eigenvalue weighted by molar-refractivity contribution is 14.0. The number of guanidine groups is 1. The van der Waals surface area contributed by atoms with Crippen LogP contribution in [0, 0.1) is 19.8 Å². The van der Waals surface area contributed by atoms with Crippen LogP contribution >= 0.6 is 24.0 Å². The molecule has 9 heteroatoms. The Labute approximate surface area is 199 Å². The van der Waals surface area contributed by atoms with Crippen molar-refractivity contribution in [2.45, 2.75) is 79.5 Å². The van der Waals surface area contributed by atoms with Gasteiger partial charge in [0.2, 0.25) is 0 Å². The first-order valence-corrected chi connectivity index (χ1v) is 10.3. The van der Waals surface area contributed by atoms with Crippen LogP contribution in [0.4, 0.5) is 4.79 Å². The molecule has 0 saturated carbocycles. The lowest BCUT2D eigenvalue weighted by molar-refractivity contribution is 0.0491. The van der Waals surface area contributed by atoms with E-state index in [-0.39, 0.29) is 42.0 Å². The second-order valence-corrected chi connectivity index (χ2v) is 8.97. The Balaban J connectivity index is 0.00000841. The number of hydrogen-bond acceptors (Lipinski definition) is 4. The molecule has 1 aromatic rings. The number of aryl methyl sites for hydroxylation is 2. The third kappa shape index (κ3) is 9.53. The first-order valence-electron chi connectivity index (χ1n) is 10.3. The van der Waals surface area contributed by atoms with Crippen molar-refractivity contribution in [3.8, 4) is 0 Å². The summed E-state index contributed by atoms with van der Waals surface area (Å²) in [6, 6.07) is 0.0978. The largest absolute Gasteiger partial charge is 0.444 e. The zero-order valence-corrected chi connectivity index (χ0v) is 22.5. The van der Waals surface area contributed by atoms with Gasteiger partial charge >= 0.3 is 6.09 Å². The third-order valence-electron chi connectivity index (χ3n) is 4.77. The van der Waals surface area contributed by atoms with Crippen LogP contribution < -0.4 is 16.0 Å². The molecule has 8 nitrogen and oxygen atoms in total. The van der Waals surface area contributed by atoms with E-state index in [0.29, 0.717) is 12.5 Å². The maximum atomic E-state index is 12.1. The van der Waals surface area contributed by atoms with Crippen molar-refractivity contribution >= 4 is 36.0 Å². The number of nitrogens with one attached hydrogen (secondary N) is 3. The van der Waals surface area contributed by atoms with Gasteiger partial charge in [0.25, 0.3) is 0 Å². The predicted octanol–water partition coefficient (Wildman–Crippen LogP) is 3.30. The van der Waals surface area contributed by atoms with Crippen LogP contribution in [0.2, 0.25) is 0 Å². The number of hydrogen-bond donors (Lipinski definition) is 3. The van der Waals surface area contributed by atoms with E-state index in [0.717, 1.165) is 12.1 Å². The van der Waals surface area contributed by atoms with E-state index >= 15 is 0 Å². The summed E-state index contributed by atoms with van der Waals surface area (Å²) >= 11 is 0. The summed E-state index contributed by atoms with van der Waals surface area (Å²) in [6.45, 7) is 16.5. The average molecular weight is 537 g/mol. The van der Waals surface area contributed by atoms with Crippen molar-refractivity contribution in [1.29, 1.82) is 0 Å². The fourth-order valence-electron chi connectivity index (χ4n) is 3.02. The molecule has 0 aromatic carbocycles. The first-order chi connectivity index (χ1) is 13.3. The van der Waals surface area contributed by atoms with Crippen molar-refractivity contribution in [2.75, 3.05) is 13.6 Å². The average Bonchev–Trinajstić information content (AvgIpc) is 2.81. The van der Waals surface area contributed by atoms with Crippen LogP contribution in [-0.2, 0) is 18.2 Å². The van der Waals surface area contributed by atoms with E-state index in [4.69, 9.17) is 4.74 Å². The minimum Gasteiger partial charge on any atom is -0.444 e. The number of nitrogens with zero attached hydrogens (tertiary/aromatic N) is 3. The van der Waals surface area contributed by atoms with Crippen LogP contribution in [-0.4, -0.2) is 53.1 Å². The van der Waals surface area contributed by atoms with Gasteiger partial charge in [-0.2, -0.15) is 5.10 Å². The fraction of sp³-hybridized carbons (Fsp3) is 0.762. The van der Waals surface area contributed by atoms with Gasteiger partial charge in [0, 0.05) is 32.4 Å². The molecule has 2 unspecified atom stereocenters. The van der Waals surface area contributed by atoms with Gasteiger partial charge in [-0.25, -0.2) is 4.79 Å². The standard InChI is InChI=1S/C21H40N6O2.HI/c1-13(2)18(25-20(28)29-21(6,7)8)12-23-19(22-9)24-14(3)11-17-15(4)26-27(10)16(17)5;/h13-14,18H,11-12H2,1-10H3,(H,25,28)(H2,22,23,24);1H. The van der Waals surface area contributed by atoms with Gasteiger partial charge in [-0.1, -0.05) is 13.8 Å². The lowest BCUT2D eigenvalue weighted by atomic mass is 10.0. The molecule has 0 fully saturated rings. The molecule has 0 spiro atoms. The summed E-state index contributed by atoms with van der Waals surface area (Å²) in [5, 5.41) is 14.2. The van der Waals surface area contributed by atoms with E-state index in [1.54, 1.807) is 7.05 Å². The summed E-state index contributed by atoms with van der Waals surface area (Å²) in [5.74, 6) is 0.944. The van der Waals surface area contributed by atoms with Crippen molar-refractivity contribution < 1.29 is 9.53 Å². The van der Waals surface area contributed by atoms with Gasteiger partial charge in [0.15, 0.2) is 5.96 Å². The SMILES string of the molecule is CN=C(NCC(NC(=O)OC(C)(C)C)C(C)C)NC(C)Cc1c(C)nn(C)c1C.I. The molecule has 0 bridgehead atoms. The molecule has 0 saturated heterocycles. The van der Waals surface area contributed by atoms with Gasteiger partial charge in [0.05, 0.1) is 11.7 Å². The van der Waals surface area contributed by atoms with E-state index in [9.17, 15) is 4.79 Å². The highest BCUT2D eigenvalue weighted by atomic mass is 127. The quantitative estimate of drug-likeness (QED) is 0.283. The van der Waals surface area contributed by atoms with E-state index < -0.39 is 11.7 Å². The van der Waals surface area contributed by atoms with Crippen molar-refractivity contribution in [2.24, 2.45) is 18.0 Å². The number of halogens is 1. The number of amides is 1. The van der Waals surface area contributed by atoms with Crippen molar-refractivity contribution in [1.82, 2.24) is 25.7 Å². The number of ether oxygens (including phenoxy) is 1. The molecule has 1 rings (SSSR count). The van der Waals surface area contributed by atoms with Gasteiger partial charge in [-0.15, -0.1) is 24.0 Å². The normalized spacial score (nSPS) is 14.0. The van der Waals surface area contributed by atoms with E-state index in [2.05, 4.69) is 53.7 Å². The van der Waals surface area contributed by atoms with Crippen LogP contribution in [0.5, 0.6) is 0 Å². The van der Waals surface area contributed by atoms with Gasteiger partial charge in [-0.05, 0) is 59.4 Å². The minimum atomic E-state index is -0.519. The lowest BCUT2D eigenvalue weighted by Gasteiger charge is -2.27. The smallest absolute Gasteiger partial charge is 0.407 e. The van der Waals surface area contributed by atoms with Crippen molar-refractivity contribution in [3.05, 3.63) is 17.0 Å². The topological polar surface area (TPSA) is 92.6 Å². The van der Waals surface area contributed by atoms with Gasteiger partial charge in [0.1, 0.15) is 5.60 Å². The molecule has 3 N–H and O–H groups in total. The highest BCUT2D eigenvalue weighted by Crippen LogP contribution is 2.14. The number of carbonyl (C=O) groups is 1. The summed E-state index contributed by atoms with van der Waals surface area (Å²) in [4.78, 5) is 16.4. The van der Waals surface area contributed by atoms with Crippen LogP contribution in [0.25, 0.3) is 0 Å². The number of aliphatic imine (C=N–C) groups is 1. The Bertz CT molecular complexity index is 709. The molecule has 1 heterocycles. The number of rotatable bonds is 7. The Morgan fingerprint density at radius 3 is 2.23 bits per heavy atom. The monoisotopic (exact) mass is 536 g/mol. The second-order valence-electron chi connectivity index (χ2n) is 8.97. The molecule has 1 amide bonds. The molecule has 30 heavy (non-hydrogen) atoms. The highest BCUT2D eigenvalue weighted by Gasteiger charge is 2.22. The molecule has 2 atom stereocenters. The summed E-state index contributed by atoms with van der Waals surface area (Å²) in [5.41, 5.74) is 2.98. The Hall–Kier alpha value is -1.52. The summed E-state index contributed by atoms with van der Waals surface area (Å²) in [7, 11) is 3.71. The molecule has 1 aromatic heterocycles. The Morgan fingerprint density at radius 2 is 1.80 bits per heavy atom. The predicted molar refractivity (Wildman–Crippen MR) is 134 cm³/mol.